The van der Waals surface area contributed by atoms with Crippen LogP contribution in [-0.2, 0) is 6.42 Å². The van der Waals surface area contributed by atoms with Crippen LogP contribution < -0.4 is 5.73 Å². The molecule has 4 heteroatoms. The highest BCUT2D eigenvalue weighted by Crippen LogP contribution is 2.19. The first-order valence-electron chi connectivity index (χ1n) is 6.05. The summed E-state index contributed by atoms with van der Waals surface area (Å²) in [5.41, 5.74) is 7.73. The number of aromatic nitrogens is 2. The second-order valence-electron chi connectivity index (χ2n) is 4.34. The van der Waals surface area contributed by atoms with Crippen molar-refractivity contribution in [2.45, 2.75) is 25.8 Å². The Balaban J connectivity index is 2.17. The van der Waals surface area contributed by atoms with Crippen molar-refractivity contribution in [3.05, 3.63) is 42.2 Å². The Morgan fingerprint density at radius 3 is 2.61 bits per heavy atom. The van der Waals surface area contributed by atoms with E-state index in [1.54, 1.807) is 30.6 Å². The van der Waals surface area contributed by atoms with E-state index in [2.05, 4.69) is 16.9 Å². The van der Waals surface area contributed by atoms with Gasteiger partial charge in [0.15, 0.2) is 5.82 Å². The van der Waals surface area contributed by atoms with E-state index in [-0.39, 0.29) is 11.8 Å². The maximum atomic E-state index is 9.41. The molecule has 1 atom stereocenters. The van der Waals surface area contributed by atoms with Gasteiger partial charge in [0.05, 0.1) is 0 Å². The summed E-state index contributed by atoms with van der Waals surface area (Å²) in [5, 5.41) is 9.41. The minimum atomic E-state index is 0.153. The average molecular weight is 243 g/mol. The number of hydrogen-bond donors (Lipinski definition) is 2. The van der Waals surface area contributed by atoms with Gasteiger partial charge in [0.1, 0.15) is 5.75 Å². The van der Waals surface area contributed by atoms with Crippen LogP contribution in [-0.4, -0.2) is 21.1 Å². The molecule has 0 aliphatic rings. The smallest absolute Gasteiger partial charge is 0.159 e. The standard InChI is InChI=1S/C14H17N3O/c1-2-12(15)6-10-8-16-14(17-9-10)11-4-3-5-13(18)7-11/h3-5,7-9,12,18H,2,6,15H2,1H3. The van der Waals surface area contributed by atoms with Gasteiger partial charge in [-0.1, -0.05) is 19.1 Å². The van der Waals surface area contributed by atoms with Gasteiger partial charge in [-0.05, 0) is 30.5 Å². The van der Waals surface area contributed by atoms with E-state index in [0.29, 0.717) is 5.82 Å². The monoisotopic (exact) mass is 243 g/mol. The van der Waals surface area contributed by atoms with Crippen molar-refractivity contribution in [3.63, 3.8) is 0 Å². The maximum Gasteiger partial charge on any atom is 0.159 e. The lowest BCUT2D eigenvalue weighted by atomic mass is 10.1. The summed E-state index contributed by atoms with van der Waals surface area (Å²) in [7, 11) is 0. The molecule has 2 aromatic rings. The molecular formula is C14H17N3O. The minimum Gasteiger partial charge on any atom is -0.508 e. The van der Waals surface area contributed by atoms with E-state index in [9.17, 15) is 5.11 Å². The van der Waals surface area contributed by atoms with Gasteiger partial charge in [0.2, 0.25) is 0 Å². The Morgan fingerprint density at radius 1 is 1.28 bits per heavy atom. The van der Waals surface area contributed by atoms with Crippen LogP contribution in [0.15, 0.2) is 36.7 Å². The van der Waals surface area contributed by atoms with Crippen molar-refractivity contribution < 1.29 is 5.11 Å². The van der Waals surface area contributed by atoms with Gasteiger partial charge >= 0.3 is 0 Å². The topological polar surface area (TPSA) is 72.0 Å². The quantitative estimate of drug-likeness (QED) is 0.862. The molecule has 0 saturated heterocycles. The zero-order valence-corrected chi connectivity index (χ0v) is 10.4. The molecule has 1 aromatic carbocycles. The Morgan fingerprint density at radius 2 is 2.00 bits per heavy atom. The van der Waals surface area contributed by atoms with Crippen LogP contribution in [0.1, 0.15) is 18.9 Å². The molecule has 1 unspecified atom stereocenters. The Kier molecular flexibility index (Phi) is 3.89. The van der Waals surface area contributed by atoms with Crippen molar-refractivity contribution in [3.8, 4) is 17.1 Å². The number of nitrogens with zero attached hydrogens (tertiary/aromatic N) is 2. The Bertz CT molecular complexity index is 511. The predicted molar refractivity (Wildman–Crippen MR) is 71.1 cm³/mol. The van der Waals surface area contributed by atoms with Crippen LogP contribution in [0.25, 0.3) is 11.4 Å². The molecule has 2 rings (SSSR count). The highest BCUT2D eigenvalue weighted by atomic mass is 16.3. The van der Waals surface area contributed by atoms with E-state index in [1.165, 1.54) is 0 Å². The molecule has 0 spiro atoms. The maximum absolute atomic E-state index is 9.41. The molecule has 1 heterocycles. The molecular weight excluding hydrogens is 226 g/mol. The fourth-order valence-electron chi connectivity index (χ4n) is 1.70. The molecule has 0 radical (unpaired) electrons. The lowest BCUT2D eigenvalue weighted by Gasteiger charge is -2.08. The van der Waals surface area contributed by atoms with Gasteiger partial charge in [-0.15, -0.1) is 0 Å². The van der Waals surface area contributed by atoms with Crippen molar-refractivity contribution in [2.75, 3.05) is 0 Å². The second-order valence-corrected chi connectivity index (χ2v) is 4.34. The van der Waals surface area contributed by atoms with Gasteiger partial charge in [0, 0.05) is 24.0 Å². The summed E-state index contributed by atoms with van der Waals surface area (Å²) in [4.78, 5) is 8.60. The minimum absolute atomic E-state index is 0.153. The van der Waals surface area contributed by atoms with E-state index in [1.807, 2.05) is 6.07 Å². The molecule has 4 nitrogen and oxygen atoms in total. The highest BCUT2D eigenvalue weighted by Gasteiger charge is 2.05. The number of benzene rings is 1. The number of nitrogens with two attached hydrogens (primary N) is 1. The lowest BCUT2D eigenvalue weighted by Crippen LogP contribution is -2.21. The zero-order chi connectivity index (χ0) is 13.0. The molecule has 0 amide bonds. The molecule has 0 fully saturated rings. The van der Waals surface area contributed by atoms with Crippen molar-refractivity contribution in [1.29, 1.82) is 0 Å². The summed E-state index contributed by atoms with van der Waals surface area (Å²) in [6, 6.07) is 7.06. The largest absolute Gasteiger partial charge is 0.508 e. The lowest BCUT2D eigenvalue weighted by molar-refractivity contribution is 0.475. The molecule has 3 N–H and O–H groups in total. The van der Waals surface area contributed by atoms with Crippen LogP contribution in [0.5, 0.6) is 5.75 Å². The van der Waals surface area contributed by atoms with E-state index in [0.717, 1.165) is 24.0 Å². The van der Waals surface area contributed by atoms with Crippen molar-refractivity contribution in [1.82, 2.24) is 9.97 Å². The SMILES string of the molecule is CCC(N)Cc1cnc(-c2cccc(O)c2)nc1. The Hall–Kier alpha value is -1.94. The number of phenols is 1. The van der Waals surface area contributed by atoms with Crippen LogP contribution >= 0.6 is 0 Å². The third kappa shape index (κ3) is 3.05. The fraction of sp³-hybridized carbons (Fsp3) is 0.286. The third-order valence-electron chi connectivity index (χ3n) is 2.83. The summed E-state index contributed by atoms with van der Waals surface area (Å²) < 4.78 is 0. The Labute approximate surface area is 107 Å². The third-order valence-corrected chi connectivity index (χ3v) is 2.83. The van der Waals surface area contributed by atoms with Crippen LogP contribution in [0.3, 0.4) is 0 Å². The summed E-state index contributed by atoms with van der Waals surface area (Å²) in [5.74, 6) is 0.827. The molecule has 18 heavy (non-hydrogen) atoms. The average Bonchev–Trinajstić information content (AvgIpc) is 2.39. The highest BCUT2D eigenvalue weighted by molar-refractivity contribution is 5.56. The summed E-state index contributed by atoms with van der Waals surface area (Å²) in [6.45, 7) is 2.06. The first-order chi connectivity index (χ1) is 8.69. The van der Waals surface area contributed by atoms with E-state index < -0.39 is 0 Å². The number of rotatable bonds is 4. The molecule has 0 saturated carbocycles. The van der Waals surface area contributed by atoms with Crippen molar-refractivity contribution >= 4 is 0 Å². The predicted octanol–water partition coefficient (Wildman–Crippen LogP) is 2.13. The molecule has 94 valence electrons. The van der Waals surface area contributed by atoms with Crippen molar-refractivity contribution in [2.24, 2.45) is 5.73 Å². The van der Waals surface area contributed by atoms with Gasteiger partial charge in [-0.2, -0.15) is 0 Å². The fourth-order valence-corrected chi connectivity index (χ4v) is 1.70. The van der Waals surface area contributed by atoms with Gasteiger partial charge < -0.3 is 10.8 Å². The first-order valence-corrected chi connectivity index (χ1v) is 6.05. The van der Waals surface area contributed by atoms with E-state index in [4.69, 9.17) is 5.73 Å². The molecule has 0 aliphatic heterocycles. The van der Waals surface area contributed by atoms with Gasteiger partial charge in [-0.25, -0.2) is 9.97 Å². The second kappa shape index (κ2) is 5.60. The van der Waals surface area contributed by atoms with Gasteiger partial charge in [0.25, 0.3) is 0 Å². The normalized spacial score (nSPS) is 12.3. The van der Waals surface area contributed by atoms with Gasteiger partial charge in [-0.3, -0.25) is 0 Å². The first kappa shape index (κ1) is 12.5. The number of hydrogen-bond acceptors (Lipinski definition) is 4. The zero-order valence-electron chi connectivity index (χ0n) is 10.4. The molecule has 1 aromatic heterocycles. The summed E-state index contributed by atoms with van der Waals surface area (Å²) in [6.07, 6.45) is 5.31. The van der Waals surface area contributed by atoms with Crippen LogP contribution in [0.4, 0.5) is 0 Å². The number of aromatic hydroxyl groups is 1. The molecule has 0 aliphatic carbocycles. The summed E-state index contributed by atoms with van der Waals surface area (Å²) >= 11 is 0. The van der Waals surface area contributed by atoms with E-state index >= 15 is 0 Å². The number of phenolic OH excluding ortho intramolecular Hbond substituents is 1. The molecule has 0 bridgehead atoms. The van der Waals surface area contributed by atoms with Crippen LogP contribution in [0.2, 0.25) is 0 Å². The van der Waals surface area contributed by atoms with Crippen LogP contribution in [0, 0.1) is 0 Å².